The number of aliphatic hydroxyl groups is 1. The van der Waals surface area contributed by atoms with E-state index in [4.69, 9.17) is 4.74 Å². The zero-order chi connectivity index (χ0) is 23.6. The maximum Gasteiger partial charge on any atom is 0.416 e. The highest BCUT2D eigenvalue weighted by Gasteiger charge is 2.47. The molecule has 1 heterocycles. The van der Waals surface area contributed by atoms with Crippen molar-refractivity contribution < 1.29 is 32.9 Å². The minimum absolute atomic E-state index is 0.0197. The fourth-order valence-corrected chi connectivity index (χ4v) is 4.00. The summed E-state index contributed by atoms with van der Waals surface area (Å²) < 4.78 is 44.5. The van der Waals surface area contributed by atoms with Gasteiger partial charge in [-0.3, -0.25) is 4.90 Å². The largest absolute Gasteiger partial charge is 0.508 e. The van der Waals surface area contributed by atoms with E-state index in [1.54, 1.807) is 12.1 Å². The Balaban J connectivity index is 1.64. The predicted molar refractivity (Wildman–Crippen MR) is 116 cm³/mol. The molecule has 8 heteroatoms. The molecule has 1 aliphatic rings. The van der Waals surface area contributed by atoms with Crippen LogP contribution < -0.4 is 4.90 Å². The van der Waals surface area contributed by atoms with Crippen LogP contribution in [0.4, 0.5) is 23.7 Å². The van der Waals surface area contributed by atoms with Crippen molar-refractivity contribution in [3.05, 3.63) is 95.6 Å². The minimum atomic E-state index is -4.50. The molecule has 2 N–H and O–H groups in total. The van der Waals surface area contributed by atoms with Gasteiger partial charge < -0.3 is 14.9 Å². The first kappa shape index (κ1) is 22.7. The van der Waals surface area contributed by atoms with Gasteiger partial charge in [-0.25, -0.2) is 4.79 Å². The molecule has 0 saturated carbocycles. The van der Waals surface area contributed by atoms with Crippen LogP contribution >= 0.6 is 0 Å². The Morgan fingerprint density at radius 3 is 2.18 bits per heavy atom. The number of carbonyl (C=O) groups excluding carboxylic acids is 1. The summed E-state index contributed by atoms with van der Waals surface area (Å²) in [4.78, 5) is 14.1. The quantitative estimate of drug-likeness (QED) is 0.515. The number of anilines is 1. The molecule has 5 nitrogen and oxygen atoms in total. The maximum absolute atomic E-state index is 13.0. The highest BCUT2D eigenvalue weighted by Crippen LogP contribution is 2.41. The van der Waals surface area contributed by atoms with Gasteiger partial charge in [-0.15, -0.1) is 0 Å². The van der Waals surface area contributed by atoms with E-state index in [2.05, 4.69) is 0 Å². The van der Waals surface area contributed by atoms with Crippen LogP contribution in [-0.4, -0.2) is 28.5 Å². The molecule has 0 bridgehead atoms. The number of aromatic hydroxyl groups is 1. The maximum atomic E-state index is 13.0. The monoisotopic (exact) mass is 457 g/mol. The van der Waals surface area contributed by atoms with Gasteiger partial charge in [0.25, 0.3) is 0 Å². The molecule has 0 radical (unpaired) electrons. The van der Waals surface area contributed by atoms with Crippen molar-refractivity contribution >= 4 is 11.8 Å². The Labute approximate surface area is 188 Å². The molecular weight excluding hydrogens is 435 g/mol. The average molecular weight is 457 g/mol. The van der Waals surface area contributed by atoms with Crippen LogP contribution in [0.15, 0.2) is 78.9 Å². The van der Waals surface area contributed by atoms with Crippen LogP contribution in [0.25, 0.3) is 0 Å². The number of carbonyl (C=O) groups is 1. The summed E-state index contributed by atoms with van der Waals surface area (Å²) in [6.45, 7) is 0. The standard InChI is InChI=1S/C25H22F3NO4/c26-25(27,28)18-9-11-19(12-10-18)29-22(17-7-13-20(30)14-8-17)23(33-24(29)32)21(31)15-6-16-4-2-1-3-5-16/h1-5,7-14,21-23,30-31H,6,15H2/t21-,22+,23?/m0/s1. The Hall–Kier alpha value is -3.52. The lowest BCUT2D eigenvalue weighted by atomic mass is 9.93. The summed E-state index contributed by atoms with van der Waals surface area (Å²) in [6.07, 6.45) is -6.37. The van der Waals surface area contributed by atoms with Crippen LogP contribution in [0.5, 0.6) is 5.75 Å². The number of aryl methyl sites for hydroxylation is 1. The lowest BCUT2D eigenvalue weighted by molar-refractivity contribution is -0.137. The smallest absolute Gasteiger partial charge is 0.416 e. The van der Waals surface area contributed by atoms with E-state index >= 15 is 0 Å². The minimum Gasteiger partial charge on any atom is -0.508 e. The topological polar surface area (TPSA) is 70.0 Å². The van der Waals surface area contributed by atoms with Gasteiger partial charge in [-0.1, -0.05) is 42.5 Å². The summed E-state index contributed by atoms with van der Waals surface area (Å²) in [5.41, 5.74) is 0.965. The number of hydrogen-bond donors (Lipinski definition) is 2. The number of benzene rings is 3. The van der Waals surface area contributed by atoms with Crippen LogP contribution in [0.2, 0.25) is 0 Å². The van der Waals surface area contributed by atoms with Crippen LogP contribution in [-0.2, 0) is 17.3 Å². The molecular formula is C25H22F3NO4. The first-order chi connectivity index (χ1) is 15.7. The molecule has 1 saturated heterocycles. The third-order valence-corrected chi connectivity index (χ3v) is 5.68. The fraction of sp³-hybridized carbons (Fsp3) is 0.240. The van der Waals surface area contributed by atoms with Crippen molar-refractivity contribution in [2.24, 2.45) is 0 Å². The molecule has 0 spiro atoms. The zero-order valence-corrected chi connectivity index (χ0v) is 17.4. The Morgan fingerprint density at radius 1 is 0.939 bits per heavy atom. The number of ether oxygens (including phenoxy) is 1. The van der Waals surface area contributed by atoms with Gasteiger partial charge in [0.2, 0.25) is 0 Å². The molecule has 33 heavy (non-hydrogen) atoms. The van der Waals surface area contributed by atoms with Crippen molar-refractivity contribution in [1.29, 1.82) is 0 Å². The van der Waals surface area contributed by atoms with E-state index in [-0.39, 0.29) is 11.4 Å². The molecule has 3 aromatic rings. The normalized spacial score (nSPS) is 19.4. The van der Waals surface area contributed by atoms with Gasteiger partial charge in [0, 0.05) is 5.69 Å². The summed E-state index contributed by atoms with van der Waals surface area (Å²) in [7, 11) is 0. The fourth-order valence-electron chi connectivity index (χ4n) is 4.00. The number of phenolic OH excluding ortho intramolecular Hbond substituents is 1. The van der Waals surface area contributed by atoms with Crippen LogP contribution in [0, 0.1) is 0 Å². The predicted octanol–water partition coefficient (Wildman–Crippen LogP) is 5.47. The van der Waals surface area contributed by atoms with Crippen molar-refractivity contribution in [2.75, 3.05) is 4.90 Å². The second-order valence-corrected chi connectivity index (χ2v) is 7.89. The summed E-state index contributed by atoms with van der Waals surface area (Å²) >= 11 is 0. The number of rotatable bonds is 6. The van der Waals surface area contributed by atoms with E-state index < -0.39 is 36.1 Å². The summed E-state index contributed by atoms with van der Waals surface area (Å²) in [6, 6.07) is 19.0. The molecule has 0 aromatic heterocycles. The Kier molecular flexibility index (Phi) is 6.29. The zero-order valence-electron chi connectivity index (χ0n) is 17.4. The van der Waals surface area contributed by atoms with Gasteiger partial charge in [0.1, 0.15) is 11.8 Å². The molecule has 3 aromatic carbocycles. The molecule has 1 fully saturated rings. The summed E-state index contributed by atoms with van der Waals surface area (Å²) in [5.74, 6) is 0.0197. The van der Waals surface area contributed by atoms with E-state index in [9.17, 15) is 28.2 Å². The Morgan fingerprint density at radius 2 is 1.58 bits per heavy atom. The number of aliphatic hydroxyl groups excluding tert-OH is 1. The number of nitrogens with zero attached hydrogens (tertiary/aromatic N) is 1. The molecule has 1 unspecified atom stereocenters. The number of amides is 1. The van der Waals surface area contributed by atoms with Gasteiger partial charge in [0.05, 0.1) is 11.7 Å². The van der Waals surface area contributed by atoms with Crippen molar-refractivity contribution in [3.63, 3.8) is 0 Å². The van der Waals surface area contributed by atoms with Crippen LogP contribution in [0.3, 0.4) is 0 Å². The number of phenols is 1. The van der Waals surface area contributed by atoms with Crippen molar-refractivity contribution in [3.8, 4) is 5.75 Å². The van der Waals surface area contributed by atoms with Crippen molar-refractivity contribution in [1.82, 2.24) is 0 Å². The number of cyclic esters (lactones) is 1. The van der Waals surface area contributed by atoms with Gasteiger partial charge in [0.15, 0.2) is 6.10 Å². The molecule has 4 rings (SSSR count). The van der Waals surface area contributed by atoms with Crippen LogP contribution in [0.1, 0.15) is 29.2 Å². The highest BCUT2D eigenvalue weighted by atomic mass is 19.4. The Bertz CT molecular complexity index is 1090. The van der Waals surface area contributed by atoms with E-state index in [1.165, 1.54) is 29.2 Å². The summed E-state index contributed by atoms with van der Waals surface area (Å²) in [5, 5.41) is 20.6. The third-order valence-electron chi connectivity index (χ3n) is 5.68. The first-order valence-corrected chi connectivity index (χ1v) is 10.4. The second-order valence-electron chi connectivity index (χ2n) is 7.89. The van der Waals surface area contributed by atoms with E-state index in [1.807, 2.05) is 30.3 Å². The van der Waals surface area contributed by atoms with E-state index in [0.29, 0.717) is 18.4 Å². The molecule has 1 aliphatic heterocycles. The number of hydrogen-bond acceptors (Lipinski definition) is 4. The highest BCUT2D eigenvalue weighted by molar-refractivity contribution is 5.91. The lowest BCUT2D eigenvalue weighted by Crippen LogP contribution is -2.35. The molecule has 0 aliphatic carbocycles. The molecule has 3 atom stereocenters. The molecule has 1 amide bonds. The van der Waals surface area contributed by atoms with E-state index in [0.717, 1.165) is 17.7 Å². The van der Waals surface area contributed by atoms with Gasteiger partial charge >= 0.3 is 12.3 Å². The van der Waals surface area contributed by atoms with Gasteiger partial charge in [-0.05, 0) is 60.4 Å². The average Bonchev–Trinajstić information content (AvgIpc) is 3.15. The third kappa shape index (κ3) is 4.96. The second kappa shape index (κ2) is 9.15. The first-order valence-electron chi connectivity index (χ1n) is 10.4. The SMILES string of the molecule is O=C1OC([C@@H](O)CCc2ccccc2)[C@@H](c2ccc(O)cc2)N1c1ccc(C(F)(F)F)cc1. The number of alkyl halides is 3. The van der Waals surface area contributed by atoms with Crippen molar-refractivity contribution in [2.45, 2.75) is 37.3 Å². The lowest BCUT2D eigenvalue weighted by Gasteiger charge is -2.28. The molecule has 172 valence electrons. The number of halogens is 3. The van der Waals surface area contributed by atoms with Gasteiger partial charge in [-0.2, -0.15) is 13.2 Å².